The zero-order valence-electron chi connectivity index (χ0n) is 15.6. The van der Waals surface area contributed by atoms with E-state index in [9.17, 15) is 0 Å². The average Bonchev–Trinajstić information content (AvgIpc) is 3.07. The number of halogens is 1. The maximum Gasteiger partial charge on any atom is 0.216 e. The minimum absolute atomic E-state index is 0. The number of rotatable bonds is 7. The maximum atomic E-state index is 5.56. The largest absolute Gasteiger partial charge is 0.444 e. The molecule has 0 unspecified atom stereocenters. The summed E-state index contributed by atoms with van der Waals surface area (Å²) in [5.74, 6) is 2.27. The highest BCUT2D eigenvalue weighted by Gasteiger charge is 2.07. The summed E-state index contributed by atoms with van der Waals surface area (Å²) in [4.78, 5) is 14.9. The van der Waals surface area contributed by atoms with E-state index in [1.807, 2.05) is 20.8 Å². The third-order valence-electron chi connectivity index (χ3n) is 3.69. The van der Waals surface area contributed by atoms with Crippen LogP contribution < -0.4 is 10.6 Å². The minimum Gasteiger partial charge on any atom is -0.444 e. The van der Waals surface area contributed by atoms with Gasteiger partial charge in [-0.2, -0.15) is 0 Å². The predicted molar refractivity (Wildman–Crippen MR) is 114 cm³/mol. The van der Waals surface area contributed by atoms with E-state index in [-0.39, 0.29) is 24.0 Å². The van der Waals surface area contributed by atoms with Gasteiger partial charge < -0.3 is 15.1 Å². The molecule has 6 nitrogen and oxygen atoms in total. The second-order valence-corrected chi connectivity index (χ2v) is 6.87. The number of oxazole rings is 1. The fraction of sp³-hybridized carbons (Fsp3) is 0.588. The first-order valence-electron chi connectivity index (χ1n) is 8.43. The summed E-state index contributed by atoms with van der Waals surface area (Å²) in [6, 6.07) is 0. The third kappa shape index (κ3) is 6.58. The number of guanidine groups is 1. The lowest BCUT2D eigenvalue weighted by Crippen LogP contribution is -2.38. The summed E-state index contributed by atoms with van der Waals surface area (Å²) < 4.78 is 5.56. The van der Waals surface area contributed by atoms with Crippen LogP contribution in [0.1, 0.15) is 46.8 Å². The Morgan fingerprint density at radius 1 is 1.16 bits per heavy atom. The molecule has 140 valence electrons. The van der Waals surface area contributed by atoms with Crippen molar-refractivity contribution >= 4 is 41.3 Å². The smallest absolute Gasteiger partial charge is 0.216 e. The van der Waals surface area contributed by atoms with E-state index in [4.69, 9.17) is 4.42 Å². The number of nitrogens with zero attached hydrogens (tertiary/aromatic N) is 3. The Bertz CT molecular complexity index is 676. The summed E-state index contributed by atoms with van der Waals surface area (Å²) >= 11 is 1.78. The van der Waals surface area contributed by atoms with E-state index in [0.717, 1.165) is 43.3 Å². The van der Waals surface area contributed by atoms with Gasteiger partial charge in [-0.05, 0) is 34.1 Å². The highest BCUT2D eigenvalue weighted by atomic mass is 127. The van der Waals surface area contributed by atoms with Crippen molar-refractivity contribution in [2.45, 2.75) is 54.0 Å². The lowest BCUT2D eigenvalue weighted by Gasteiger charge is -2.09. The predicted octanol–water partition coefficient (Wildman–Crippen LogP) is 3.53. The molecule has 0 saturated carbocycles. The summed E-state index contributed by atoms with van der Waals surface area (Å²) in [5.41, 5.74) is 2.13. The number of hydrogen-bond acceptors (Lipinski definition) is 5. The first-order valence-corrected chi connectivity index (χ1v) is 9.25. The zero-order chi connectivity index (χ0) is 17.5. The zero-order valence-corrected chi connectivity index (χ0v) is 18.7. The van der Waals surface area contributed by atoms with Crippen molar-refractivity contribution in [2.75, 3.05) is 13.1 Å². The van der Waals surface area contributed by atoms with Gasteiger partial charge in [0.15, 0.2) is 5.96 Å². The average molecular weight is 477 g/mol. The molecule has 0 radical (unpaired) electrons. The monoisotopic (exact) mass is 477 g/mol. The maximum absolute atomic E-state index is 5.56. The van der Waals surface area contributed by atoms with Crippen LogP contribution in [0.2, 0.25) is 0 Å². The molecule has 2 aromatic heterocycles. The van der Waals surface area contributed by atoms with E-state index >= 15 is 0 Å². The second-order valence-electron chi connectivity index (χ2n) is 5.59. The van der Waals surface area contributed by atoms with Gasteiger partial charge in [0.1, 0.15) is 12.3 Å². The number of aryl methyl sites for hydroxylation is 4. The van der Waals surface area contributed by atoms with Crippen LogP contribution in [0.3, 0.4) is 0 Å². The fourth-order valence-electron chi connectivity index (χ4n) is 2.31. The second kappa shape index (κ2) is 10.7. The molecule has 0 amide bonds. The number of aliphatic imine (C=N–C) groups is 1. The van der Waals surface area contributed by atoms with Crippen molar-refractivity contribution in [3.8, 4) is 0 Å². The summed E-state index contributed by atoms with van der Waals surface area (Å²) in [6.45, 7) is 12.2. The van der Waals surface area contributed by atoms with Crippen molar-refractivity contribution in [3.63, 3.8) is 0 Å². The van der Waals surface area contributed by atoms with Crippen molar-refractivity contribution in [3.05, 3.63) is 32.9 Å². The summed E-state index contributed by atoms with van der Waals surface area (Å²) in [7, 11) is 0. The van der Waals surface area contributed by atoms with Gasteiger partial charge in [0, 0.05) is 24.4 Å². The third-order valence-corrected chi connectivity index (χ3v) is 4.77. The van der Waals surface area contributed by atoms with Crippen molar-refractivity contribution < 1.29 is 4.42 Å². The molecule has 0 aliphatic rings. The van der Waals surface area contributed by atoms with Crippen LogP contribution in [-0.4, -0.2) is 29.0 Å². The van der Waals surface area contributed by atoms with Crippen LogP contribution in [0.15, 0.2) is 9.41 Å². The van der Waals surface area contributed by atoms with Gasteiger partial charge in [0.2, 0.25) is 5.89 Å². The van der Waals surface area contributed by atoms with Gasteiger partial charge in [-0.25, -0.2) is 15.0 Å². The summed E-state index contributed by atoms with van der Waals surface area (Å²) in [5, 5.41) is 7.76. The van der Waals surface area contributed by atoms with Crippen LogP contribution >= 0.6 is 35.3 Å². The first kappa shape index (κ1) is 21.9. The van der Waals surface area contributed by atoms with E-state index in [2.05, 4.69) is 39.4 Å². The Kier molecular flexibility index (Phi) is 9.41. The number of thiazole rings is 1. The molecule has 0 atom stereocenters. The molecule has 8 heteroatoms. The molecule has 2 aromatic rings. The lowest BCUT2D eigenvalue weighted by molar-refractivity contribution is 0.473. The molecular formula is C17H28IN5OS. The Morgan fingerprint density at radius 3 is 2.48 bits per heavy atom. The van der Waals surface area contributed by atoms with Crippen LogP contribution in [0, 0.1) is 20.8 Å². The quantitative estimate of drug-likeness (QED) is 0.363. The molecule has 25 heavy (non-hydrogen) atoms. The molecule has 0 aromatic carbocycles. The molecule has 0 saturated heterocycles. The topological polar surface area (TPSA) is 75.3 Å². The van der Waals surface area contributed by atoms with Crippen LogP contribution in [-0.2, 0) is 19.4 Å². The van der Waals surface area contributed by atoms with Crippen LogP contribution in [0.4, 0.5) is 0 Å². The molecule has 0 bridgehead atoms. The molecule has 2 heterocycles. The number of hydrogen-bond donors (Lipinski definition) is 2. The number of nitrogens with one attached hydrogen (secondary N) is 2. The van der Waals surface area contributed by atoms with Gasteiger partial charge >= 0.3 is 0 Å². The van der Waals surface area contributed by atoms with E-state index in [1.165, 1.54) is 15.6 Å². The Labute approximate surface area is 171 Å². The molecule has 0 spiro atoms. The van der Waals surface area contributed by atoms with Crippen molar-refractivity contribution in [2.24, 2.45) is 4.99 Å². The van der Waals surface area contributed by atoms with Gasteiger partial charge in [-0.3, -0.25) is 0 Å². The van der Waals surface area contributed by atoms with E-state index < -0.39 is 0 Å². The summed E-state index contributed by atoms with van der Waals surface area (Å²) in [6.07, 6.45) is 1.89. The van der Waals surface area contributed by atoms with Gasteiger partial charge in [0.25, 0.3) is 0 Å². The molecule has 0 aliphatic carbocycles. The Balaban J connectivity index is 0.00000312. The SMILES string of the molecule is CCNC(=NCc1nc(C)c(C)o1)NCCc1nc(CC)c(C)s1.I. The van der Waals surface area contributed by atoms with Gasteiger partial charge in [0.05, 0.1) is 16.4 Å². The van der Waals surface area contributed by atoms with Crippen LogP contribution in [0.5, 0.6) is 0 Å². The molecule has 2 N–H and O–H groups in total. The Hall–Kier alpha value is -1.16. The minimum atomic E-state index is 0. The fourth-order valence-corrected chi connectivity index (χ4v) is 3.33. The molecular weight excluding hydrogens is 449 g/mol. The lowest BCUT2D eigenvalue weighted by atomic mass is 10.3. The van der Waals surface area contributed by atoms with Crippen molar-refractivity contribution in [1.29, 1.82) is 0 Å². The highest BCUT2D eigenvalue weighted by molar-refractivity contribution is 14.0. The molecule has 2 rings (SSSR count). The number of aromatic nitrogens is 2. The standard InChI is InChI=1S/C17H27N5OS.HI/c1-6-14-13(5)24-16(22-14)8-9-19-17(18-7-2)20-10-15-21-11(3)12(4)23-15;/h6-10H2,1-5H3,(H2,18,19,20);1H. The Morgan fingerprint density at radius 2 is 1.92 bits per heavy atom. The normalized spacial score (nSPS) is 11.3. The van der Waals surface area contributed by atoms with E-state index in [1.54, 1.807) is 11.3 Å². The van der Waals surface area contributed by atoms with Crippen molar-refractivity contribution in [1.82, 2.24) is 20.6 Å². The molecule has 0 aliphatic heterocycles. The van der Waals surface area contributed by atoms with Crippen LogP contribution in [0.25, 0.3) is 0 Å². The molecule has 0 fully saturated rings. The first-order chi connectivity index (χ1) is 11.5. The van der Waals surface area contributed by atoms with Gasteiger partial charge in [-0.15, -0.1) is 35.3 Å². The highest BCUT2D eigenvalue weighted by Crippen LogP contribution is 2.17. The van der Waals surface area contributed by atoms with E-state index in [0.29, 0.717) is 12.4 Å². The van der Waals surface area contributed by atoms with Gasteiger partial charge in [-0.1, -0.05) is 6.92 Å².